The van der Waals surface area contributed by atoms with Crippen LogP contribution in [0.4, 0.5) is 5.82 Å². The molecule has 2 saturated heterocycles. The van der Waals surface area contributed by atoms with E-state index in [1.54, 1.807) is 0 Å². The average molecular weight is 511 g/mol. The Kier molecular flexibility index (Phi) is 7.18. The van der Waals surface area contributed by atoms with Crippen molar-refractivity contribution >= 4 is 22.5 Å². The highest BCUT2D eigenvalue weighted by atomic mass is 16.5. The average Bonchev–Trinajstić information content (AvgIpc) is 3.59. The number of carbonyl (C=O) groups excluding carboxylic acids is 1. The third-order valence-corrected chi connectivity index (χ3v) is 7.61. The fourth-order valence-electron chi connectivity index (χ4n) is 5.44. The van der Waals surface area contributed by atoms with Crippen molar-refractivity contribution in [1.82, 2.24) is 24.6 Å². The summed E-state index contributed by atoms with van der Waals surface area (Å²) in [7, 11) is 2.00. The summed E-state index contributed by atoms with van der Waals surface area (Å²) in [5.74, 6) is 0.403. The topological polar surface area (TPSA) is 75.5 Å². The number of fused-ring (bicyclic) bond motifs is 1. The lowest BCUT2D eigenvalue weighted by Gasteiger charge is -2.27. The van der Waals surface area contributed by atoms with E-state index in [1.807, 2.05) is 48.4 Å². The minimum atomic E-state index is -0.142. The lowest BCUT2D eigenvalue weighted by atomic mass is 10.0. The van der Waals surface area contributed by atoms with Gasteiger partial charge in [-0.2, -0.15) is 5.10 Å². The zero-order chi connectivity index (χ0) is 25.9. The van der Waals surface area contributed by atoms with Gasteiger partial charge in [0.2, 0.25) is 0 Å². The van der Waals surface area contributed by atoms with Crippen LogP contribution in [0.1, 0.15) is 34.5 Å². The number of nitrogens with zero attached hydrogens (tertiary/aromatic N) is 5. The summed E-state index contributed by atoms with van der Waals surface area (Å²) in [5, 5.41) is 9.61. The van der Waals surface area contributed by atoms with Crippen LogP contribution < -0.4 is 5.32 Å². The Morgan fingerprint density at radius 3 is 2.58 bits per heavy atom. The van der Waals surface area contributed by atoms with Gasteiger partial charge in [0, 0.05) is 55.9 Å². The molecule has 0 atom stereocenters. The quantitative estimate of drug-likeness (QED) is 0.399. The Morgan fingerprint density at radius 1 is 0.921 bits per heavy atom. The molecule has 8 heteroatoms. The first kappa shape index (κ1) is 24.7. The van der Waals surface area contributed by atoms with Gasteiger partial charge in [0.15, 0.2) is 0 Å². The molecule has 0 unspecified atom stereocenters. The molecule has 38 heavy (non-hydrogen) atoms. The van der Waals surface area contributed by atoms with E-state index in [-0.39, 0.29) is 5.91 Å². The molecule has 0 bridgehead atoms. The minimum absolute atomic E-state index is 0.142. The first-order valence-corrected chi connectivity index (χ1v) is 13.5. The van der Waals surface area contributed by atoms with Gasteiger partial charge in [-0.3, -0.25) is 19.3 Å². The van der Waals surface area contributed by atoms with E-state index in [9.17, 15) is 4.79 Å². The molecule has 2 aliphatic rings. The number of aryl methyl sites for hydroxylation is 1. The van der Waals surface area contributed by atoms with Crippen LogP contribution in [-0.4, -0.2) is 69.9 Å². The number of benzene rings is 2. The Labute approximate surface area is 223 Å². The molecule has 6 rings (SSSR count). The maximum Gasteiger partial charge on any atom is 0.256 e. The molecule has 8 nitrogen and oxygen atoms in total. The molecule has 4 heterocycles. The number of hydrogen-bond donors (Lipinski definition) is 1. The molecule has 0 spiro atoms. The van der Waals surface area contributed by atoms with Gasteiger partial charge in [-0.05, 0) is 66.7 Å². The molecule has 196 valence electrons. The van der Waals surface area contributed by atoms with E-state index in [0.717, 1.165) is 74.4 Å². The fraction of sp³-hybridized carbons (Fsp3) is 0.367. The number of hydrogen-bond acceptors (Lipinski definition) is 6. The largest absolute Gasteiger partial charge is 0.379 e. The molecular weight excluding hydrogens is 476 g/mol. The highest BCUT2D eigenvalue weighted by Crippen LogP contribution is 2.29. The van der Waals surface area contributed by atoms with Gasteiger partial charge in [-0.25, -0.2) is 4.98 Å². The SMILES string of the molecule is Cn1ncc(-c2ccc3cnc(NC(=O)c4cccc(CN5CCCC5)c4)cc3c2)c1CN1CCOCC1. The summed E-state index contributed by atoms with van der Waals surface area (Å²) >= 11 is 0. The van der Waals surface area contributed by atoms with E-state index in [2.05, 4.69) is 49.5 Å². The van der Waals surface area contributed by atoms with Gasteiger partial charge < -0.3 is 10.1 Å². The van der Waals surface area contributed by atoms with E-state index in [1.165, 1.54) is 24.1 Å². The highest BCUT2D eigenvalue weighted by Gasteiger charge is 2.18. The van der Waals surface area contributed by atoms with E-state index >= 15 is 0 Å². The van der Waals surface area contributed by atoms with Crippen LogP contribution in [0.5, 0.6) is 0 Å². The second-order valence-corrected chi connectivity index (χ2v) is 10.3. The van der Waals surface area contributed by atoms with Crippen LogP contribution in [0, 0.1) is 0 Å². The zero-order valence-electron chi connectivity index (χ0n) is 21.9. The maximum atomic E-state index is 13.1. The van der Waals surface area contributed by atoms with Crippen LogP contribution in [-0.2, 0) is 24.9 Å². The number of morpholine rings is 1. The van der Waals surface area contributed by atoms with Crippen LogP contribution in [0.2, 0.25) is 0 Å². The van der Waals surface area contributed by atoms with Crippen LogP contribution in [0.3, 0.4) is 0 Å². The molecule has 2 fully saturated rings. The summed E-state index contributed by atoms with van der Waals surface area (Å²) in [6, 6.07) is 16.2. The predicted molar refractivity (Wildman–Crippen MR) is 149 cm³/mol. The molecule has 1 N–H and O–H groups in total. The normalized spacial score (nSPS) is 16.8. The van der Waals surface area contributed by atoms with Gasteiger partial charge in [0.25, 0.3) is 5.91 Å². The lowest BCUT2D eigenvalue weighted by Crippen LogP contribution is -2.36. The molecule has 2 aliphatic heterocycles. The Bertz CT molecular complexity index is 1440. The third kappa shape index (κ3) is 5.48. The Morgan fingerprint density at radius 2 is 1.74 bits per heavy atom. The highest BCUT2D eigenvalue weighted by molar-refractivity contribution is 6.04. The van der Waals surface area contributed by atoms with E-state index < -0.39 is 0 Å². The van der Waals surface area contributed by atoms with Crippen molar-refractivity contribution in [1.29, 1.82) is 0 Å². The number of pyridine rings is 1. The molecule has 2 aromatic carbocycles. The number of likely N-dealkylation sites (tertiary alicyclic amines) is 1. The number of aromatic nitrogens is 3. The lowest BCUT2D eigenvalue weighted by molar-refractivity contribution is 0.0332. The van der Waals surface area contributed by atoms with Crippen molar-refractivity contribution in [3.63, 3.8) is 0 Å². The molecular formula is C30H34N6O2. The van der Waals surface area contributed by atoms with Gasteiger partial charge in [-0.1, -0.05) is 24.3 Å². The standard InChI is InChI=1S/C30H34N6O2/c1-34-28(21-36-11-13-38-14-12-36)27(19-32-34)23-7-8-25-18-31-29(17-26(25)16-23)33-30(37)24-6-4-5-22(15-24)20-35-9-2-3-10-35/h4-8,15-19H,2-3,9-14,20-21H2,1H3,(H,31,33,37). The summed E-state index contributed by atoms with van der Waals surface area (Å²) in [6.07, 6.45) is 6.27. The van der Waals surface area contributed by atoms with Crippen molar-refractivity contribution in [3.8, 4) is 11.1 Å². The number of rotatable bonds is 7. The zero-order valence-corrected chi connectivity index (χ0v) is 21.9. The molecule has 2 aromatic heterocycles. The fourth-order valence-corrected chi connectivity index (χ4v) is 5.44. The van der Waals surface area contributed by atoms with E-state index in [0.29, 0.717) is 11.4 Å². The number of carbonyl (C=O) groups is 1. The predicted octanol–water partition coefficient (Wildman–Crippen LogP) is 4.32. The van der Waals surface area contributed by atoms with Crippen molar-refractivity contribution in [2.45, 2.75) is 25.9 Å². The summed E-state index contributed by atoms with van der Waals surface area (Å²) in [6.45, 7) is 7.39. The molecule has 0 saturated carbocycles. The Balaban J connectivity index is 1.21. The molecule has 1 amide bonds. The van der Waals surface area contributed by atoms with Gasteiger partial charge in [0.1, 0.15) is 5.82 Å². The monoisotopic (exact) mass is 510 g/mol. The van der Waals surface area contributed by atoms with Crippen LogP contribution in [0.15, 0.2) is 60.9 Å². The summed E-state index contributed by atoms with van der Waals surface area (Å²) < 4.78 is 7.47. The van der Waals surface area contributed by atoms with Gasteiger partial charge in [0.05, 0.1) is 25.1 Å². The van der Waals surface area contributed by atoms with Gasteiger partial charge in [-0.15, -0.1) is 0 Å². The first-order chi connectivity index (χ1) is 18.6. The number of amides is 1. The van der Waals surface area contributed by atoms with Crippen LogP contribution >= 0.6 is 0 Å². The van der Waals surface area contributed by atoms with Crippen molar-refractivity contribution < 1.29 is 9.53 Å². The van der Waals surface area contributed by atoms with Crippen molar-refractivity contribution in [2.24, 2.45) is 7.05 Å². The van der Waals surface area contributed by atoms with E-state index in [4.69, 9.17) is 4.74 Å². The number of anilines is 1. The third-order valence-electron chi connectivity index (χ3n) is 7.61. The van der Waals surface area contributed by atoms with Gasteiger partial charge >= 0.3 is 0 Å². The summed E-state index contributed by atoms with van der Waals surface area (Å²) in [4.78, 5) is 22.4. The minimum Gasteiger partial charge on any atom is -0.379 e. The second-order valence-electron chi connectivity index (χ2n) is 10.3. The van der Waals surface area contributed by atoms with Crippen molar-refractivity contribution in [3.05, 3.63) is 77.7 Å². The van der Waals surface area contributed by atoms with Crippen LogP contribution in [0.25, 0.3) is 21.9 Å². The molecule has 4 aromatic rings. The number of ether oxygens (including phenoxy) is 1. The Hall–Kier alpha value is -3.59. The smallest absolute Gasteiger partial charge is 0.256 e. The number of nitrogens with one attached hydrogen (secondary N) is 1. The molecule has 0 aliphatic carbocycles. The van der Waals surface area contributed by atoms with Crippen molar-refractivity contribution in [2.75, 3.05) is 44.7 Å². The maximum absolute atomic E-state index is 13.1. The molecule has 0 radical (unpaired) electrons. The second kappa shape index (κ2) is 11.0. The first-order valence-electron chi connectivity index (χ1n) is 13.5. The summed E-state index contributed by atoms with van der Waals surface area (Å²) in [5.41, 5.74) is 5.23.